The van der Waals surface area contributed by atoms with Gasteiger partial charge in [0.05, 0.1) is 55.2 Å². The molecule has 502 valence electrons. The Balaban J connectivity index is 1.29. The summed E-state index contributed by atoms with van der Waals surface area (Å²) in [6.07, 6.45) is 0.351. The topological polar surface area (TPSA) is 347 Å². The number of ether oxygens (including phenoxy) is 3. The van der Waals surface area contributed by atoms with Crippen LogP contribution in [0, 0.1) is 29.6 Å². The number of hydrogen-bond acceptors (Lipinski definition) is 17. The predicted octanol–water partition coefficient (Wildman–Crippen LogP) is 2.18. The number of carbonyl (C=O) groups excluding carboxylic acids is 9. The van der Waals surface area contributed by atoms with Crippen LogP contribution < -0.4 is 36.2 Å². The number of carbonyl (C=O) groups is 10. The fourth-order valence-electron chi connectivity index (χ4n) is 11.5. The summed E-state index contributed by atoms with van der Waals surface area (Å²) in [5.74, 6) is -6.84. The minimum absolute atomic E-state index is 0.0185. The molecule has 2 aromatic rings. The van der Waals surface area contributed by atoms with Crippen LogP contribution in [0.15, 0.2) is 48.5 Å². The standard InChI is InChI=1S/C62H96N10O17S/c1-14-38(6)55(70(11)61(81)53(36(2)3)66-60(80)54(37(4)5)69(9)10)48(86-12)33-52(76)72-29-15-16-47(72)56(87-13)39(7)57(77)65-46(59(79)68-90(84)85)32-41-19-23-45(24-20-41)88-35-50(74)67-89-34-42-17-21-44(22-18-42)64-58(78)40(8)63-49(73)25-26-51(75)71-30-27-43(28-31-71)62(82)83/h17-24,36-40,43,46-48,53-56,90H,14-16,25-35H2,1-13H3,(H,63,73)(H,64,78)(H,65,77)(H,66,80)(H,67,74)(H,82,83)(H,68,79,84,85)/t38-,39+,40-,46-,47-,48+,53-,54-,55-,56+/m0/s1. The Morgan fingerprint density at radius 1 is 0.711 bits per heavy atom. The number of methoxy groups -OCH3 is 2. The number of aliphatic carboxylic acids is 1. The van der Waals surface area contributed by atoms with E-state index in [2.05, 4.69) is 26.7 Å². The lowest BCUT2D eigenvalue weighted by molar-refractivity contribution is -0.148. The van der Waals surface area contributed by atoms with Crippen LogP contribution in [0.2, 0.25) is 0 Å². The number of piperidine rings is 1. The van der Waals surface area contributed by atoms with Crippen molar-refractivity contribution in [2.24, 2.45) is 29.6 Å². The molecule has 0 bridgehead atoms. The summed E-state index contributed by atoms with van der Waals surface area (Å²) < 4.78 is 42.9. The largest absolute Gasteiger partial charge is 0.484 e. The molecular formula is C62H96N10O17S. The van der Waals surface area contributed by atoms with Gasteiger partial charge in [-0.25, -0.2) is 13.9 Å². The van der Waals surface area contributed by atoms with Crippen molar-refractivity contribution in [3.8, 4) is 5.75 Å². The average Bonchev–Trinajstić information content (AvgIpc) is 1.60. The van der Waals surface area contributed by atoms with Crippen molar-refractivity contribution >= 4 is 75.7 Å². The van der Waals surface area contributed by atoms with E-state index in [4.69, 9.17) is 19.0 Å². The first-order valence-corrected chi connectivity index (χ1v) is 31.9. The second-order valence-corrected chi connectivity index (χ2v) is 24.9. The van der Waals surface area contributed by atoms with E-state index in [0.717, 1.165) is 0 Å². The minimum Gasteiger partial charge on any atom is -0.484 e. The number of likely N-dealkylation sites (tertiary alicyclic amines) is 2. The Morgan fingerprint density at radius 2 is 1.34 bits per heavy atom. The highest BCUT2D eigenvalue weighted by Gasteiger charge is 2.44. The van der Waals surface area contributed by atoms with Crippen LogP contribution in [-0.2, 0) is 86.2 Å². The molecule has 0 radical (unpaired) electrons. The van der Waals surface area contributed by atoms with E-state index < -0.39 is 113 Å². The summed E-state index contributed by atoms with van der Waals surface area (Å²) in [7, 11) is 4.82. The SMILES string of the molecule is CC[C@H](C)[C@@H]([C@@H](CC(=O)N1CCC[C@H]1[C@H](OC)[C@@H](C)C(=O)N[C@@H](Cc1ccc(OCC(=O)NOCc2ccc(NC(=O)[C@H](C)NC(=O)CCC(=O)N3CCC(C(=O)O)CC3)cc2)cc1)C(=O)N[SH](=O)=O)OC)N(C)C(=O)[C@@H](NC(=O)[C@H](C(C)C)N(C)C)C(C)C. The lowest BCUT2D eigenvalue weighted by Gasteiger charge is -2.41. The van der Waals surface area contributed by atoms with Gasteiger partial charge in [-0.15, -0.1) is 0 Å². The van der Waals surface area contributed by atoms with E-state index in [1.54, 1.807) is 65.1 Å². The van der Waals surface area contributed by atoms with Crippen molar-refractivity contribution in [2.45, 2.75) is 168 Å². The van der Waals surface area contributed by atoms with Crippen LogP contribution in [0.3, 0.4) is 0 Å². The van der Waals surface area contributed by atoms with E-state index in [0.29, 0.717) is 68.6 Å². The van der Waals surface area contributed by atoms with Gasteiger partial charge in [-0.2, -0.15) is 0 Å². The van der Waals surface area contributed by atoms with Crippen molar-refractivity contribution in [1.82, 2.24) is 45.8 Å². The second kappa shape index (κ2) is 36.5. The number of anilines is 1. The molecule has 2 heterocycles. The van der Waals surface area contributed by atoms with Gasteiger partial charge in [0.2, 0.25) is 52.2 Å². The highest BCUT2D eigenvalue weighted by molar-refractivity contribution is 7.71. The van der Waals surface area contributed by atoms with Crippen LogP contribution in [0.4, 0.5) is 5.69 Å². The van der Waals surface area contributed by atoms with Gasteiger partial charge in [-0.3, -0.25) is 62.4 Å². The molecule has 2 aliphatic heterocycles. The lowest BCUT2D eigenvalue weighted by Crippen LogP contribution is -2.59. The van der Waals surface area contributed by atoms with Gasteiger partial charge in [-0.1, -0.05) is 79.2 Å². The van der Waals surface area contributed by atoms with Crippen molar-refractivity contribution < 1.29 is 80.5 Å². The monoisotopic (exact) mass is 1280 g/mol. The third-order valence-corrected chi connectivity index (χ3v) is 17.1. The van der Waals surface area contributed by atoms with Crippen molar-refractivity contribution in [2.75, 3.05) is 66.9 Å². The Kier molecular flexibility index (Phi) is 30.5. The second-order valence-electron chi connectivity index (χ2n) is 24.2. The zero-order chi connectivity index (χ0) is 67.1. The molecule has 10 atom stereocenters. The van der Waals surface area contributed by atoms with E-state index in [9.17, 15) is 61.5 Å². The Hall–Kier alpha value is -7.27. The van der Waals surface area contributed by atoms with E-state index in [-0.39, 0.29) is 79.4 Å². The summed E-state index contributed by atoms with van der Waals surface area (Å²) in [5.41, 5.74) is 3.84. The molecule has 27 nitrogen and oxygen atoms in total. The van der Waals surface area contributed by atoms with Gasteiger partial charge in [0.25, 0.3) is 11.8 Å². The molecule has 90 heavy (non-hydrogen) atoms. The number of hydrogen-bond donors (Lipinski definition) is 8. The van der Waals surface area contributed by atoms with Crippen LogP contribution in [0.1, 0.15) is 118 Å². The zero-order valence-electron chi connectivity index (χ0n) is 54.2. The van der Waals surface area contributed by atoms with E-state index >= 15 is 0 Å². The molecule has 2 fully saturated rings. The molecule has 0 aliphatic carbocycles. The summed E-state index contributed by atoms with van der Waals surface area (Å²) in [4.78, 5) is 144. The number of rotatable bonds is 35. The molecule has 2 aromatic carbocycles. The number of benzene rings is 2. The highest BCUT2D eigenvalue weighted by Crippen LogP contribution is 2.30. The molecule has 2 saturated heterocycles. The van der Waals surface area contributed by atoms with Crippen molar-refractivity contribution in [1.29, 1.82) is 0 Å². The van der Waals surface area contributed by atoms with Gasteiger partial charge >= 0.3 is 5.97 Å². The number of thiol groups is 1. The quantitative estimate of drug-likeness (QED) is 0.0362. The lowest BCUT2D eigenvalue weighted by atomic mass is 9.89. The van der Waals surface area contributed by atoms with Crippen LogP contribution in [0.5, 0.6) is 5.75 Å². The number of carboxylic acids is 1. The number of amides is 9. The first-order valence-electron chi connectivity index (χ1n) is 30.7. The molecule has 2 aliphatic rings. The fraction of sp³-hybridized carbons (Fsp3) is 0.645. The molecule has 4 rings (SSSR count). The number of carboxylic acid groups (broad SMARTS) is 1. The molecule has 0 spiro atoms. The number of hydroxylamine groups is 1. The summed E-state index contributed by atoms with van der Waals surface area (Å²) in [6, 6.07) is 7.93. The normalized spacial score (nSPS) is 17.5. The molecule has 0 aromatic heterocycles. The smallest absolute Gasteiger partial charge is 0.306 e. The molecule has 7 N–H and O–H groups in total. The Bertz CT molecular complexity index is 2820. The first-order chi connectivity index (χ1) is 42.5. The van der Waals surface area contributed by atoms with Crippen molar-refractivity contribution in [3.05, 3.63) is 59.7 Å². The van der Waals surface area contributed by atoms with E-state index in [1.165, 1.54) is 33.3 Å². The maximum atomic E-state index is 14.5. The molecule has 9 amide bonds. The zero-order valence-corrected chi connectivity index (χ0v) is 55.1. The molecule has 0 unspecified atom stereocenters. The van der Waals surface area contributed by atoms with Crippen LogP contribution in [0.25, 0.3) is 0 Å². The predicted molar refractivity (Wildman–Crippen MR) is 333 cm³/mol. The average molecular weight is 1290 g/mol. The maximum absolute atomic E-state index is 14.5. The van der Waals surface area contributed by atoms with Crippen molar-refractivity contribution in [3.63, 3.8) is 0 Å². The van der Waals surface area contributed by atoms with Gasteiger partial charge in [0.15, 0.2) is 6.61 Å². The van der Waals surface area contributed by atoms with Gasteiger partial charge < -0.3 is 55.3 Å². The highest BCUT2D eigenvalue weighted by atomic mass is 32.2. The minimum atomic E-state index is -3.40. The third kappa shape index (κ3) is 22.6. The third-order valence-electron chi connectivity index (χ3n) is 16.7. The summed E-state index contributed by atoms with van der Waals surface area (Å²) in [6.45, 7) is 15.2. The molecule has 0 saturated carbocycles. The van der Waals surface area contributed by atoms with Gasteiger partial charge in [0.1, 0.15) is 23.9 Å². The molecule has 28 heteroatoms. The summed E-state index contributed by atoms with van der Waals surface area (Å²) >= 11 is 0. The molecular weight excluding hydrogens is 1190 g/mol. The number of nitrogens with zero attached hydrogens (tertiary/aromatic N) is 4. The number of nitrogens with one attached hydrogen (secondary N) is 6. The first kappa shape index (κ1) is 75.2. The Labute approximate surface area is 530 Å². The number of likely N-dealkylation sites (N-methyl/N-ethyl adjacent to an activating group) is 2. The fourth-order valence-corrected chi connectivity index (χ4v) is 11.8. The maximum Gasteiger partial charge on any atom is 0.306 e. The van der Waals surface area contributed by atoms with E-state index in [1.807, 2.05) is 65.3 Å². The van der Waals surface area contributed by atoms with Crippen LogP contribution >= 0.6 is 0 Å². The van der Waals surface area contributed by atoms with Crippen LogP contribution in [-0.4, -0.2) is 202 Å². The Morgan fingerprint density at radius 3 is 1.90 bits per heavy atom. The summed E-state index contributed by atoms with van der Waals surface area (Å²) in [5, 5.41) is 20.1. The van der Waals surface area contributed by atoms with Gasteiger partial charge in [-0.05, 0) is 99.8 Å². The van der Waals surface area contributed by atoms with Gasteiger partial charge in [0, 0.05) is 65.9 Å².